The molecule has 1 unspecified atom stereocenters. The topological polar surface area (TPSA) is 125 Å². The molecule has 4 N–H and O–H groups in total. The van der Waals surface area contributed by atoms with Crippen LogP contribution in [-0.2, 0) is 16.0 Å². The van der Waals surface area contributed by atoms with Crippen molar-refractivity contribution in [2.75, 3.05) is 13.1 Å². The predicted molar refractivity (Wildman–Crippen MR) is 125 cm³/mol. The lowest BCUT2D eigenvalue weighted by atomic mass is 9.79. The van der Waals surface area contributed by atoms with E-state index >= 15 is 0 Å². The molecule has 1 saturated carbocycles. The van der Waals surface area contributed by atoms with E-state index in [0.717, 1.165) is 25.0 Å². The Morgan fingerprint density at radius 1 is 1.08 bits per heavy atom. The van der Waals surface area contributed by atoms with Gasteiger partial charge in [0.2, 0.25) is 24.1 Å². The number of aromatic nitrogens is 4. The van der Waals surface area contributed by atoms with Gasteiger partial charge in [-0.1, -0.05) is 32.1 Å². The Hall–Kier alpha value is -3.09. The fourth-order valence-electron chi connectivity index (χ4n) is 5.30. The summed E-state index contributed by atoms with van der Waals surface area (Å²) in [5, 5.41) is 20.9. The fourth-order valence-corrected chi connectivity index (χ4v) is 5.30. The number of benzene rings is 1. The van der Waals surface area contributed by atoms with Crippen LogP contribution in [0.3, 0.4) is 0 Å². The van der Waals surface area contributed by atoms with Gasteiger partial charge in [-0.25, -0.2) is 17.6 Å². The summed E-state index contributed by atoms with van der Waals surface area (Å²) in [6, 6.07) is 0.0827. The minimum atomic E-state index is -2.82. The molecule has 1 aliphatic heterocycles. The second kappa shape index (κ2) is 12.4. The highest BCUT2D eigenvalue weighted by atomic mass is 19.3. The third-order valence-corrected chi connectivity index (χ3v) is 7.26. The number of nitrogens with one attached hydrogen (secondary N) is 4. The van der Waals surface area contributed by atoms with Gasteiger partial charge >= 0.3 is 0 Å². The summed E-state index contributed by atoms with van der Waals surface area (Å²) < 4.78 is 55.3. The lowest BCUT2D eigenvalue weighted by molar-refractivity contribution is -0.130. The average Bonchev–Trinajstić information content (AvgIpc) is 3.58. The summed E-state index contributed by atoms with van der Waals surface area (Å²) in [4.78, 5) is 25.4. The summed E-state index contributed by atoms with van der Waals surface area (Å²) in [6.45, 7) is 0.479. The lowest BCUT2D eigenvalue weighted by Crippen LogP contribution is -2.52. The highest BCUT2D eigenvalue weighted by Gasteiger charge is 2.36. The number of amides is 2. The standard InChI is InChI=1S/C24H31F4N7O2/c25-17-8-14(22-32-34-35-33-22)9-18(26)16(17)6-7-29-23(36)20(11-21(27)28)31-24(37)19-10-15(12-30-19)13-4-2-1-3-5-13/h8-9,13,15,19-21,30H,1-7,10-12H2,(H,29,36)(H,31,37)(H,32,33,34,35)/t15-,19?,20+/m1/s1. The molecule has 2 aliphatic rings. The number of hydrogen-bond acceptors (Lipinski definition) is 6. The maximum Gasteiger partial charge on any atom is 0.242 e. The number of aromatic amines is 1. The van der Waals surface area contributed by atoms with E-state index in [4.69, 9.17) is 0 Å². The molecule has 1 saturated heterocycles. The van der Waals surface area contributed by atoms with Gasteiger partial charge in [-0.3, -0.25) is 9.59 Å². The van der Waals surface area contributed by atoms with Gasteiger partial charge in [0.15, 0.2) is 0 Å². The van der Waals surface area contributed by atoms with Gasteiger partial charge in [0.25, 0.3) is 0 Å². The molecule has 13 heteroatoms. The van der Waals surface area contributed by atoms with Gasteiger partial charge < -0.3 is 16.0 Å². The first-order chi connectivity index (χ1) is 17.8. The molecule has 2 heterocycles. The number of rotatable bonds is 10. The Balaban J connectivity index is 1.30. The van der Waals surface area contributed by atoms with Gasteiger partial charge in [0.1, 0.15) is 17.7 Å². The van der Waals surface area contributed by atoms with Crippen LogP contribution in [-0.4, -0.2) is 64.0 Å². The molecular weight excluding hydrogens is 494 g/mol. The van der Waals surface area contributed by atoms with Crippen LogP contribution in [0.2, 0.25) is 0 Å². The molecule has 2 amide bonds. The van der Waals surface area contributed by atoms with Gasteiger partial charge in [-0.15, -0.1) is 10.2 Å². The summed E-state index contributed by atoms with van der Waals surface area (Å²) >= 11 is 0. The third-order valence-electron chi connectivity index (χ3n) is 7.26. The first kappa shape index (κ1) is 27.0. The van der Waals surface area contributed by atoms with E-state index in [0.29, 0.717) is 24.8 Å². The van der Waals surface area contributed by atoms with Crippen LogP contribution < -0.4 is 16.0 Å². The largest absolute Gasteiger partial charge is 0.354 e. The van der Waals surface area contributed by atoms with Crippen molar-refractivity contribution in [3.8, 4) is 11.4 Å². The van der Waals surface area contributed by atoms with Crippen molar-refractivity contribution in [3.63, 3.8) is 0 Å². The van der Waals surface area contributed by atoms with Crippen LogP contribution in [0.4, 0.5) is 17.6 Å². The number of H-pyrrole nitrogens is 1. The molecule has 1 aromatic heterocycles. The van der Waals surface area contributed by atoms with Crippen LogP contribution in [0, 0.1) is 23.5 Å². The molecule has 2 fully saturated rings. The molecule has 2 aromatic rings. The molecule has 3 atom stereocenters. The predicted octanol–water partition coefficient (Wildman–Crippen LogP) is 2.50. The molecule has 0 radical (unpaired) electrons. The number of nitrogens with zero attached hydrogens (tertiary/aromatic N) is 3. The molecule has 0 spiro atoms. The zero-order valence-corrected chi connectivity index (χ0v) is 20.3. The van der Waals surface area contributed by atoms with Gasteiger partial charge in [0.05, 0.1) is 6.04 Å². The Labute approximate surface area is 211 Å². The minimum Gasteiger partial charge on any atom is -0.354 e. The van der Waals surface area contributed by atoms with Crippen LogP contribution >= 0.6 is 0 Å². The summed E-state index contributed by atoms with van der Waals surface area (Å²) in [7, 11) is 0. The number of carbonyl (C=O) groups excluding carboxylic acids is 2. The van der Waals surface area contributed by atoms with Crippen molar-refractivity contribution < 1.29 is 27.2 Å². The maximum absolute atomic E-state index is 14.5. The smallest absolute Gasteiger partial charge is 0.242 e. The van der Waals surface area contributed by atoms with Crippen molar-refractivity contribution in [2.24, 2.45) is 11.8 Å². The zero-order chi connectivity index (χ0) is 26.4. The summed E-state index contributed by atoms with van der Waals surface area (Å²) in [6.07, 6.45) is 2.58. The van der Waals surface area contributed by atoms with E-state index in [9.17, 15) is 27.2 Å². The van der Waals surface area contributed by atoms with Gasteiger partial charge in [0, 0.05) is 24.1 Å². The van der Waals surface area contributed by atoms with Gasteiger partial charge in [-0.2, -0.15) is 5.21 Å². The van der Waals surface area contributed by atoms with Crippen molar-refractivity contribution >= 4 is 11.8 Å². The van der Waals surface area contributed by atoms with Crippen LogP contribution in [0.25, 0.3) is 11.4 Å². The fraction of sp³-hybridized carbons (Fsp3) is 0.625. The second-order valence-corrected chi connectivity index (χ2v) is 9.74. The van der Waals surface area contributed by atoms with E-state index < -0.39 is 48.4 Å². The second-order valence-electron chi connectivity index (χ2n) is 9.74. The van der Waals surface area contributed by atoms with E-state index in [1.807, 2.05) is 0 Å². The SMILES string of the molecule is O=C(N[C@@H](CC(F)F)C(=O)NCCc1c(F)cc(-c2nn[nH]n2)cc1F)C1C[C@@H](C2CCCCC2)CN1. The number of tetrazole rings is 1. The highest BCUT2D eigenvalue weighted by molar-refractivity contribution is 5.90. The summed E-state index contributed by atoms with van der Waals surface area (Å²) in [5.74, 6) is -2.13. The lowest BCUT2D eigenvalue weighted by Gasteiger charge is -2.26. The average molecular weight is 526 g/mol. The van der Waals surface area contributed by atoms with Crippen molar-refractivity contribution in [2.45, 2.75) is 69.9 Å². The van der Waals surface area contributed by atoms with Crippen LogP contribution in [0.15, 0.2) is 12.1 Å². The van der Waals surface area contributed by atoms with Crippen molar-refractivity contribution in [1.29, 1.82) is 0 Å². The summed E-state index contributed by atoms with van der Waals surface area (Å²) in [5.41, 5.74) is -0.201. The van der Waals surface area contributed by atoms with E-state index in [1.54, 1.807) is 0 Å². The molecule has 202 valence electrons. The first-order valence-electron chi connectivity index (χ1n) is 12.6. The Morgan fingerprint density at radius 2 is 1.81 bits per heavy atom. The molecule has 1 aliphatic carbocycles. The Kier molecular flexibility index (Phi) is 9.06. The Morgan fingerprint density at radius 3 is 2.46 bits per heavy atom. The monoisotopic (exact) mass is 525 g/mol. The normalized spacial score (nSPS) is 21.2. The van der Waals surface area contributed by atoms with Gasteiger partial charge in [-0.05, 0) is 48.6 Å². The third kappa shape index (κ3) is 7.02. The molecule has 37 heavy (non-hydrogen) atoms. The molecule has 9 nitrogen and oxygen atoms in total. The molecular formula is C24H31F4N7O2. The maximum atomic E-state index is 14.5. The van der Waals surface area contributed by atoms with E-state index in [-0.39, 0.29) is 29.9 Å². The molecule has 0 bridgehead atoms. The highest BCUT2D eigenvalue weighted by Crippen LogP contribution is 2.34. The number of halogens is 4. The number of alkyl halides is 2. The zero-order valence-electron chi connectivity index (χ0n) is 20.3. The van der Waals surface area contributed by atoms with Crippen LogP contribution in [0.5, 0.6) is 0 Å². The quantitative estimate of drug-likeness (QED) is 0.354. The minimum absolute atomic E-state index is 0.0186. The first-order valence-corrected chi connectivity index (χ1v) is 12.6. The number of hydrogen-bond donors (Lipinski definition) is 4. The van der Waals surface area contributed by atoms with Crippen molar-refractivity contribution in [1.82, 2.24) is 36.6 Å². The number of carbonyl (C=O) groups is 2. The van der Waals surface area contributed by atoms with E-state index in [1.165, 1.54) is 19.3 Å². The Bertz CT molecular complexity index is 1040. The molecule has 4 rings (SSSR count). The van der Waals surface area contributed by atoms with Crippen LogP contribution in [0.1, 0.15) is 50.5 Å². The van der Waals surface area contributed by atoms with E-state index in [2.05, 4.69) is 36.6 Å². The molecule has 1 aromatic carbocycles. The van der Waals surface area contributed by atoms with Crippen molar-refractivity contribution in [3.05, 3.63) is 29.3 Å².